The number of carbonyl (C=O) groups excluding carboxylic acids is 1. The van der Waals surface area contributed by atoms with Crippen LogP contribution in [0.5, 0.6) is 5.75 Å². The van der Waals surface area contributed by atoms with Gasteiger partial charge in [0.2, 0.25) is 5.91 Å². The van der Waals surface area contributed by atoms with Crippen LogP contribution in [0.2, 0.25) is 0 Å². The summed E-state index contributed by atoms with van der Waals surface area (Å²) in [7, 11) is 3.17. The Labute approximate surface area is 147 Å². The fraction of sp³-hybridized carbons (Fsp3) is 0.500. The second-order valence-electron chi connectivity index (χ2n) is 6.45. The standard InChI is InChI=1S/C18H26N4O3/c1-12(2)22-14(4)15(13(3)19-22)10-20(5)17(23)11-21-9-7-8-16(25-6)18(21)24/h7-9,12H,10-11H2,1-6H3. The zero-order chi connectivity index (χ0) is 18.7. The third-order valence-corrected chi connectivity index (χ3v) is 4.30. The number of ether oxygens (including phenoxy) is 1. The van der Waals surface area contributed by atoms with Gasteiger partial charge in [-0.25, -0.2) is 0 Å². The maximum atomic E-state index is 12.5. The van der Waals surface area contributed by atoms with E-state index < -0.39 is 0 Å². The average Bonchev–Trinajstić information content (AvgIpc) is 2.85. The molecule has 0 atom stereocenters. The lowest BCUT2D eigenvalue weighted by Crippen LogP contribution is -2.33. The van der Waals surface area contributed by atoms with Crippen LogP contribution < -0.4 is 10.3 Å². The minimum atomic E-state index is -0.313. The highest BCUT2D eigenvalue weighted by atomic mass is 16.5. The van der Waals surface area contributed by atoms with Crippen LogP contribution in [0.4, 0.5) is 0 Å². The Morgan fingerprint density at radius 3 is 2.60 bits per heavy atom. The van der Waals surface area contributed by atoms with Crippen molar-refractivity contribution in [3.63, 3.8) is 0 Å². The van der Waals surface area contributed by atoms with Gasteiger partial charge in [0.05, 0.1) is 12.8 Å². The number of amides is 1. The number of carbonyl (C=O) groups is 1. The molecule has 1 amide bonds. The normalized spacial score (nSPS) is 11.0. The number of aryl methyl sites for hydroxylation is 1. The van der Waals surface area contributed by atoms with Crippen molar-refractivity contribution in [3.05, 3.63) is 45.6 Å². The van der Waals surface area contributed by atoms with E-state index in [-0.39, 0.29) is 29.8 Å². The minimum absolute atomic E-state index is 0.0249. The number of hydrogen-bond donors (Lipinski definition) is 0. The number of rotatable bonds is 6. The first-order valence-corrected chi connectivity index (χ1v) is 8.28. The number of likely N-dealkylation sites (N-methyl/N-ethyl adjacent to an activating group) is 1. The summed E-state index contributed by atoms with van der Waals surface area (Å²) < 4.78 is 8.33. The summed E-state index contributed by atoms with van der Waals surface area (Å²) in [6, 6.07) is 3.54. The topological polar surface area (TPSA) is 69.4 Å². The van der Waals surface area contributed by atoms with E-state index in [0.717, 1.165) is 17.0 Å². The first kappa shape index (κ1) is 18.8. The lowest BCUT2D eigenvalue weighted by Gasteiger charge is -2.18. The van der Waals surface area contributed by atoms with Gasteiger partial charge in [0, 0.05) is 37.1 Å². The molecule has 0 spiro atoms. The lowest BCUT2D eigenvalue weighted by atomic mass is 10.2. The van der Waals surface area contributed by atoms with Gasteiger partial charge in [0.25, 0.3) is 5.56 Å². The second-order valence-corrected chi connectivity index (χ2v) is 6.45. The SMILES string of the molecule is COc1cccn(CC(=O)N(C)Cc2c(C)nn(C(C)C)c2C)c1=O. The Balaban J connectivity index is 2.15. The van der Waals surface area contributed by atoms with E-state index in [1.165, 1.54) is 11.7 Å². The van der Waals surface area contributed by atoms with E-state index in [9.17, 15) is 9.59 Å². The Kier molecular flexibility index (Phi) is 5.66. The average molecular weight is 346 g/mol. The molecule has 0 radical (unpaired) electrons. The van der Waals surface area contributed by atoms with Crippen LogP contribution in [0, 0.1) is 13.8 Å². The first-order chi connectivity index (χ1) is 11.8. The van der Waals surface area contributed by atoms with Crippen molar-refractivity contribution in [3.8, 4) is 5.75 Å². The number of aromatic nitrogens is 3. The molecule has 0 bridgehead atoms. The molecule has 0 aliphatic heterocycles. The second kappa shape index (κ2) is 7.55. The number of hydrogen-bond acceptors (Lipinski definition) is 4. The molecular formula is C18H26N4O3. The molecule has 0 saturated heterocycles. The van der Waals surface area contributed by atoms with Crippen molar-refractivity contribution in [1.29, 1.82) is 0 Å². The molecule has 0 fully saturated rings. The number of nitrogens with zero attached hydrogens (tertiary/aromatic N) is 4. The molecule has 7 heteroatoms. The van der Waals surface area contributed by atoms with Crippen molar-refractivity contribution < 1.29 is 9.53 Å². The molecule has 2 heterocycles. The van der Waals surface area contributed by atoms with E-state index in [1.54, 1.807) is 30.3 Å². The molecule has 2 aromatic heterocycles. The fourth-order valence-electron chi connectivity index (χ4n) is 2.82. The van der Waals surface area contributed by atoms with E-state index >= 15 is 0 Å². The largest absolute Gasteiger partial charge is 0.491 e. The van der Waals surface area contributed by atoms with Crippen molar-refractivity contribution in [1.82, 2.24) is 19.2 Å². The Morgan fingerprint density at radius 2 is 2.04 bits per heavy atom. The van der Waals surface area contributed by atoms with Gasteiger partial charge >= 0.3 is 0 Å². The molecular weight excluding hydrogens is 320 g/mol. The zero-order valence-corrected chi connectivity index (χ0v) is 15.7. The first-order valence-electron chi connectivity index (χ1n) is 8.28. The highest BCUT2D eigenvalue weighted by molar-refractivity contribution is 5.75. The van der Waals surface area contributed by atoms with Gasteiger partial charge in [-0.1, -0.05) is 0 Å². The van der Waals surface area contributed by atoms with E-state index in [1.807, 2.05) is 18.5 Å². The van der Waals surface area contributed by atoms with Gasteiger partial charge < -0.3 is 14.2 Å². The fourth-order valence-corrected chi connectivity index (χ4v) is 2.82. The van der Waals surface area contributed by atoms with Gasteiger partial charge in [0.1, 0.15) is 6.54 Å². The van der Waals surface area contributed by atoms with E-state index in [0.29, 0.717) is 6.54 Å². The molecule has 0 aliphatic carbocycles. The maximum Gasteiger partial charge on any atom is 0.293 e. The molecule has 0 unspecified atom stereocenters. The van der Waals surface area contributed by atoms with Gasteiger partial charge in [-0.05, 0) is 39.8 Å². The van der Waals surface area contributed by atoms with Crippen molar-refractivity contribution in [2.24, 2.45) is 0 Å². The Hall–Kier alpha value is -2.57. The highest BCUT2D eigenvalue weighted by Gasteiger charge is 2.18. The zero-order valence-electron chi connectivity index (χ0n) is 15.7. The summed E-state index contributed by atoms with van der Waals surface area (Å²) >= 11 is 0. The lowest BCUT2D eigenvalue weighted by molar-refractivity contribution is -0.131. The summed E-state index contributed by atoms with van der Waals surface area (Å²) in [5.41, 5.74) is 2.71. The molecule has 136 valence electrons. The Bertz CT molecular complexity index is 820. The molecule has 0 aliphatic rings. The van der Waals surface area contributed by atoms with Gasteiger partial charge in [-0.15, -0.1) is 0 Å². The third kappa shape index (κ3) is 3.92. The van der Waals surface area contributed by atoms with Gasteiger partial charge in [-0.2, -0.15) is 5.10 Å². The van der Waals surface area contributed by atoms with Crippen LogP contribution in [0.15, 0.2) is 23.1 Å². The molecule has 2 rings (SSSR count). The van der Waals surface area contributed by atoms with Crippen molar-refractivity contribution in [2.75, 3.05) is 14.2 Å². The van der Waals surface area contributed by atoms with Gasteiger partial charge in [-0.3, -0.25) is 14.3 Å². The van der Waals surface area contributed by atoms with Crippen LogP contribution in [0.1, 0.15) is 36.8 Å². The van der Waals surface area contributed by atoms with Crippen LogP contribution in [-0.2, 0) is 17.9 Å². The summed E-state index contributed by atoms with van der Waals surface area (Å²) in [5, 5.41) is 4.55. The monoisotopic (exact) mass is 346 g/mol. The quantitative estimate of drug-likeness (QED) is 0.801. The Morgan fingerprint density at radius 1 is 1.36 bits per heavy atom. The molecule has 0 aromatic carbocycles. The maximum absolute atomic E-state index is 12.5. The molecule has 0 saturated carbocycles. The van der Waals surface area contributed by atoms with Crippen LogP contribution in [0.25, 0.3) is 0 Å². The highest BCUT2D eigenvalue weighted by Crippen LogP contribution is 2.18. The van der Waals surface area contributed by atoms with Crippen molar-refractivity contribution in [2.45, 2.75) is 46.8 Å². The smallest absolute Gasteiger partial charge is 0.293 e. The summed E-state index contributed by atoms with van der Waals surface area (Å²) in [5.74, 6) is 0.0781. The van der Waals surface area contributed by atoms with E-state index in [4.69, 9.17) is 4.74 Å². The summed E-state index contributed by atoms with van der Waals surface area (Å²) in [6.07, 6.45) is 1.59. The third-order valence-electron chi connectivity index (χ3n) is 4.30. The molecule has 25 heavy (non-hydrogen) atoms. The minimum Gasteiger partial charge on any atom is -0.491 e. The number of pyridine rings is 1. The predicted octanol–water partition coefficient (Wildman–Crippen LogP) is 1.91. The molecule has 2 aromatic rings. The molecule has 7 nitrogen and oxygen atoms in total. The number of methoxy groups -OCH3 is 1. The van der Waals surface area contributed by atoms with E-state index in [2.05, 4.69) is 18.9 Å². The van der Waals surface area contributed by atoms with Crippen molar-refractivity contribution >= 4 is 5.91 Å². The van der Waals surface area contributed by atoms with Crippen LogP contribution in [0.3, 0.4) is 0 Å². The van der Waals surface area contributed by atoms with Gasteiger partial charge in [0.15, 0.2) is 5.75 Å². The summed E-state index contributed by atoms with van der Waals surface area (Å²) in [6.45, 7) is 8.55. The van der Waals surface area contributed by atoms with Crippen LogP contribution >= 0.6 is 0 Å². The molecule has 0 N–H and O–H groups in total. The van der Waals surface area contributed by atoms with Crippen LogP contribution in [-0.4, -0.2) is 39.3 Å². The predicted molar refractivity (Wildman–Crippen MR) is 95.8 cm³/mol. The summed E-state index contributed by atoms with van der Waals surface area (Å²) in [4.78, 5) is 26.3.